The quantitative estimate of drug-likeness (QED) is 0.486. The van der Waals surface area contributed by atoms with Crippen molar-refractivity contribution in [3.05, 3.63) is 71.5 Å². The van der Waals surface area contributed by atoms with E-state index in [9.17, 15) is 4.39 Å². The van der Waals surface area contributed by atoms with Crippen LogP contribution in [0.4, 0.5) is 4.39 Å². The Morgan fingerprint density at radius 2 is 1.63 bits per heavy atom. The molecule has 0 N–H and O–H groups in total. The van der Waals surface area contributed by atoms with Crippen molar-refractivity contribution in [1.29, 1.82) is 5.26 Å². The van der Waals surface area contributed by atoms with E-state index in [1.807, 2.05) is 24.3 Å². The number of hydrogen-bond acceptors (Lipinski definition) is 1. The molecule has 0 radical (unpaired) electrons. The van der Waals surface area contributed by atoms with E-state index >= 15 is 0 Å². The van der Waals surface area contributed by atoms with Gasteiger partial charge in [0.1, 0.15) is 11.9 Å². The van der Waals surface area contributed by atoms with Crippen molar-refractivity contribution in [3.8, 4) is 17.2 Å². The molecule has 1 aliphatic carbocycles. The first kappa shape index (κ1) is 17.7. The van der Waals surface area contributed by atoms with Crippen LogP contribution in [0.3, 0.4) is 0 Å². The third-order valence-electron chi connectivity index (χ3n) is 6.21. The Hall–Kier alpha value is -2.66. The van der Waals surface area contributed by atoms with Crippen LogP contribution < -0.4 is 0 Å². The lowest BCUT2D eigenvalue weighted by atomic mass is 9.77. The summed E-state index contributed by atoms with van der Waals surface area (Å²) in [6.07, 6.45) is 6.61. The first-order valence-corrected chi connectivity index (χ1v) is 9.92. The summed E-state index contributed by atoms with van der Waals surface area (Å²) in [4.78, 5) is 0. The molecule has 0 aliphatic heterocycles. The van der Waals surface area contributed by atoms with Gasteiger partial charge in [-0.2, -0.15) is 5.26 Å². The van der Waals surface area contributed by atoms with Crippen molar-refractivity contribution < 1.29 is 4.39 Å². The molecule has 1 fully saturated rings. The van der Waals surface area contributed by atoms with Crippen molar-refractivity contribution in [2.75, 3.05) is 0 Å². The maximum Gasteiger partial charge on any atom is 0.148 e. The molecular formula is C25H24FN. The summed E-state index contributed by atoms with van der Waals surface area (Å²) in [5, 5.41) is 10.3. The number of nitriles is 1. The Morgan fingerprint density at radius 3 is 2.30 bits per heavy atom. The molecule has 0 heterocycles. The fourth-order valence-corrected chi connectivity index (χ4v) is 4.41. The standard InChI is InChI=1S/C25H24FN/c1-2-17-3-5-18(6-4-17)19-7-9-20(10-8-19)21-13-14-24-22(15-21)11-12-23(16-27)25(24)26/h7-15,17-18H,2-6H2,1H3. The maximum absolute atomic E-state index is 14.3. The summed E-state index contributed by atoms with van der Waals surface area (Å²) in [5.74, 6) is 1.18. The van der Waals surface area contributed by atoms with Crippen LogP contribution in [0.5, 0.6) is 0 Å². The van der Waals surface area contributed by atoms with E-state index in [2.05, 4.69) is 31.2 Å². The van der Waals surface area contributed by atoms with Crippen LogP contribution in [-0.4, -0.2) is 0 Å². The molecule has 3 aromatic rings. The highest BCUT2D eigenvalue weighted by Crippen LogP contribution is 2.37. The minimum Gasteiger partial charge on any atom is -0.205 e. The fourth-order valence-electron chi connectivity index (χ4n) is 4.41. The van der Waals surface area contributed by atoms with Crippen LogP contribution in [0.15, 0.2) is 54.6 Å². The molecule has 0 bridgehead atoms. The molecule has 1 saturated carbocycles. The normalized spacial score (nSPS) is 19.7. The van der Waals surface area contributed by atoms with E-state index < -0.39 is 5.82 Å². The molecule has 4 rings (SSSR count). The van der Waals surface area contributed by atoms with Gasteiger partial charge >= 0.3 is 0 Å². The molecule has 27 heavy (non-hydrogen) atoms. The third-order valence-corrected chi connectivity index (χ3v) is 6.21. The molecule has 0 spiro atoms. The number of fused-ring (bicyclic) bond motifs is 1. The zero-order valence-corrected chi connectivity index (χ0v) is 15.7. The first-order valence-electron chi connectivity index (χ1n) is 9.92. The second-order valence-electron chi connectivity index (χ2n) is 7.72. The lowest BCUT2D eigenvalue weighted by Crippen LogP contribution is -2.12. The van der Waals surface area contributed by atoms with Crippen LogP contribution in [-0.2, 0) is 0 Å². The molecule has 0 atom stereocenters. The Kier molecular flexibility index (Phi) is 4.94. The summed E-state index contributed by atoms with van der Waals surface area (Å²) in [6.45, 7) is 2.30. The summed E-state index contributed by atoms with van der Waals surface area (Å²) in [7, 11) is 0. The summed E-state index contributed by atoms with van der Waals surface area (Å²) in [5.41, 5.74) is 3.76. The molecule has 0 saturated heterocycles. The van der Waals surface area contributed by atoms with Gasteiger partial charge in [-0.1, -0.05) is 55.8 Å². The van der Waals surface area contributed by atoms with Gasteiger partial charge in [0.2, 0.25) is 0 Å². The average Bonchev–Trinajstić information content (AvgIpc) is 2.74. The van der Waals surface area contributed by atoms with Crippen LogP contribution in [0, 0.1) is 23.1 Å². The van der Waals surface area contributed by atoms with Gasteiger partial charge in [0.25, 0.3) is 0 Å². The van der Waals surface area contributed by atoms with E-state index in [0.717, 1.165) is 22.4 Å². The van der Waals surface area contributed by atoms with Crippen LogP contribution in [0.2, 0.25) is 0 Å². The van der Waals surface area contributed by atoms with Crippen LogP contribution in [0.25, 0.3) is 21.9 Å². The van der Waals surface area contributed by atoms with Crippen LogP contribution in [0.1, 0.15) is 56.1 Å². The highest BCUT2D eigenvalue weighted by molar-refractivity contribution is 5.88. The van der Waals surface area contributed by atoms with Crippen molar-refractivity contribution >= 4 is 10.8 Å². The van der Waals surface area contributed by atoms with Crippen molar-refractivity contribution in [1.82, 2.24) is 0 Å². The molecule has 136 valence electrons. The highest BCUT2D eigenvalue weighted by atomic mass is 19.1. The lowest BCUT2D eigenvalue weighted by Gasteiger charge is -2.28. The maximum atomic E-state index is 14.3. The van der Waals surface area contributed by atoms with E-state index in [1.165, 1.54) is 37.7 Å². The minimum absolute atomic E-state index is 0.0948. The first-order chi connectivity index (χ1) is 13.2. The Labute approximate surface area is 160 Å². The molecule has 3 aromatic carbocycles. The van der Waals surface area contributed by atoms with Gasteiger partial charge in [0.15, 0.2) is 0 Å². The van der Waals surface area contributed by atoms with E-state index in [1.54, 1.807) is 12.1 Å². The topological polar surface area (TPSA) is 23.8 Å². The molecule has 0 aromatic heterocycles. The molecular weight excluding hydrogens is 333 g/mol. The SMILES string of the molecule is CCC1CCC(c2ccc(-c3ccc4c(F)c(C#N)ccc4c3)cc2)CC1. The van der Waals surface area contributed by atoms with Crippen molar-refractivity contribution in [3.63, 3.8) is 0 Å². The third kappa shape index (κ3) is 3.47. The number of benzene rings is 3. The van der Waals surface area contributed by atoms with E-state index in [-0.39, 0.29) is 5.56 Å². The van der Waals surface area contributed by atoms with Gasteiger partial charge in [-0.15, -0.1) is 0 Å². The fraction of sp³-hybridized carbons (Fsp3) is 0.320. The van der Waals surface area contributed by atoms with E-state index in [4.69, 9.17) is 5.26 Å². The molecule has 1 nitrogen and oxygen atoms in total. The van der Waals surface area contributed by atoms with Gasteiger partial charge < -0.3 is 0 Å². The summed E-state index contributed by atoms with van der Waals surface area (Å²) >= 11 is 0. The largest absolute Gasteiger partial charge is 0.205 e. The summed E-state index contributed by atoms with van der Waals surface area (Å²) < 4.78 is 14.3. The number of hydrogen-bond donors (Lipinski definition) is 0. The number of rotatable bonds is 3. The molecule has 1 aliphatic rings. The smallest absolute Gasteiger partial charge is 0.148 e. The predicted octanol–water partition coefficient (Wildman–Crippen LogP) is 7.20. The minimum atomic E-state index is -0.431. The second kappa shape index (κ2) is 7.53. The van der Waals surface area contributed by atoms with Crippen molar-refractivity contribution in [2.24, 2.45) is 5.92 Å². The molecule has 0 unspecified atom stereocenters. The molecule has 0 amide bonds. The number of nitrogens with zero attached hydrogens (tertiary/aromatic N) is 1. The summed E-state index contributed by atoms with van der Waals surface area (Å²) in [6, 6.07) is 19.9. The van der Waals surface area contributed by atoms with Gasteiger partial charge in [-0.05, 0) is 71.7 Å². The predicted molar refractivity (Wildman–Crippen MR) is 109 cm³/mol. The second-order valence-corrected chi connectivity index (χ2v) is 7.72. The van der Waals surface area contributed by atoms with Gasteiger partial charge in [-0.3, -0.25) is 0 Å². The van der Waals surface area contributed by atoms with Gasteiger partial charge in [-0.25, -0.2) is 4.39 Å². The van der Waals surface area contributed by atoms with E-state index in [0.29, 0.717) is 11.3 Å². The molecule has 2 heteroatoms. The Morgan fingerprint density at radius 1 is 0.926 bits per heavy atom. The Balaban J connectivity index is 1.58. The monoisotopic (exact) mass is 357 g/mol. The zero-order chi connectivity index (χ0) is 18.8. The highest BCUT2D eigenvalue weighted by Gasteiger charge is 2.21. The zero-order valence-electron chi connectivity index (χ0n) is 15.7. The Bertz CT molecular complexity index is 989. The average molecular weight is 357 g/mol. The lowest BCUT2D eigenvalue weighted by molar-refractivity contribution is 0.319. The van der Waals surface area contributed by atoms with Crippen LogP contribution >= 0.6 is 0 Å². The van der Waals surface area contributed by atoms with Crippen molar-refractivity contribution in [2.45, 2.75) is 44.9 Å². The number of halogens is 1. The van der Waals surface area contributed by atoms with Gasteiger partial charge in [0, 0.05) is 5.39 Å². The van der Waals surface area contributed by atoms with Gasteiger partial charge in [0.05, 0.1) is 5.56 Å².